The van der Waals surface area contributed by atoms with Crippen molar-refractivity contribution in [3.63, 3.8) is 0 Å². The predicted molar refractivity (Wildman–Crippen MR) is 109 cm³/mol. The van der Waals surface area contributed by atoms with Crippen LogP contribution in [0.15, 0.2) is 23.2 Å². The van der Waals surface area contributed by atoms with Crippen LogP contribution in [-0.4, -0.2) is 44.7 Å². The minimum absolute atomic E-state index is 0. The Hall–Kier alpha value is -0.630. The number of benzene rings is 1. The third-order valence-corrected chi connectivity index (χ3v) is 4.28. The Bertz CT molecular complexity index is 469. The molecule has 0 fully saturated rings. The Labute approximate surface area is 155 Å². The van der Waals surface area contributed by atoms with Crippen molar-refractivity contribution in [1.82, 2.24) is 10.6 Å². The van der Waals surface area contributed by atoms with Gasteiger partial charge in [0.1, 0.15) is 5.75 Å². The van der Waals surface area contributed by atoms with Crippen molar-refractivity contribution in [2.24, 2.45) is 4.99 Å². The number of guanidine groups is 1. The Kier molecular flexibility index (Phi) is 11.5. The molecule has 0 radical (unpaired) electrons. The molecule has 22 heavy (non-hydrogen) atoms. The number of ether oxygens (including phenoxy) is 1. The number of nitrogens with zero attached hydrogens (tertiary/aromatic N) is 1. The molecule has 0 saturated carbocycles. The number of thioether (sulfide) groups is 1. The highest BCUT2D eigenvalue weighted by Crippen LogP contribution is 2.19. The Morgan fingerprint density at radius 3 is 2.68 bits per heavy atom. The van der Waals surface area contributed by atoms with E-state index in [4.69, 9.17) is 4.74 Å². The topological polar surface area (TPSA) is 45.7 Å². The summed E-state index contributed by atoms with van der Waals surface area (Å²) in [7, 11) is 3.51. The molecule has 0 heterocycles. The molecule has 4 nitrogen and oxygen atoms in total. The van der Waals surface area contributed by atoms with Crippen LogP contribution in [0.1, 0.15) is 18.1 Å². The van der Waals surface area contributed by atoms with E-state index in [2.05, 4.69) is 47.9 Å². The van der Waals surface area contributed by atoms with Crippen LogP contribution in [0.2, 0.25) is 0 Å². The minimum Gasteiger partial charge on any atom is -0.496 e. The molecule has 0 saturated heterocycles. The summed E-state index contributed by atoms with van der Waals surface area (Å²) in [4.78, 5) is 4.24. The van der Waals surface area contributed by atoms with Crippen LogP contribution >= 0.6 is 35.7 Å². The Morgan fingerprint density at radius 1 is 1.36 bits per heavy atom. The van der Waals surface area contributed by atoms with Crippen LogP contribution in [-0.2, 0) is 6.42 Å². The number of halogens is 1. The van der Waals surface area contributed by atoms with Gasteiger partial charge in [-0.25, -0.2) is 0 Å². The molecule has 0 bridgehead atoms. The molecule has 2 N–H and O–H groups in total. The van der Waals surface area contributed by atoms with Crippen molar-refractivity contribution in [1.29, 1.82) is 0 Å². The van der Waals surface area contributed by atoms with E-state index in [1.165, 1.54) is 11.1 Å². The van der Waals surface area contributed by atoms with Crippen molar-refractivity contribution in [2.75, 3.05) is 33.5 Å². The molecule has 126 valence electrons. The van der Waals surface area contributed by atoms with Crippen molar-refractivity contribution in [2.45, 2.75) is 25.5 Å². The fraction of sp³-hybridized carbons (Fsp3) is 0.562. The molecule has 0 aliphatic carbocycles. The van der Waals surface area contributed by atoms with Gasteiger partial charge in [0.05, 0.1) is 7.11 Å². The van der Waals surface area contributed by atoms with Crippen LogP contribution in [0.25, 0.3) is 0 Å². The monoisotopic (exact) mass is 437 g/mol. The van der Waals surface area contributed by atoms with E-state index in [-0.39, 0.29) is 24.0 Å². The Balaban J connectivity index is 0.00000441. The van der Waals surface area contributed by atoms with Crippen LogP contribution < -0.4 is 15.4 Å². The lowest BCUT2D eigenvalue weighted by Crippen LogP contribution is -2.40. The second-order valence-electron chi connectivity index (χ2n) is 4.99. The minimum atomic E-state index is 0. The fourth-order valence-corrected chi connectivity index (χ4v) is 2.21. The molecule has 0 aliphatic rings. The number of hydrogen-bond donors (Lipinski definition) is 2. The van der Waals surface area contributed by atoms with Crippen LogP contribution in [0.5, 0.6) is 5.75 Å². The van der Waals surface area contributed by atoms with E-state index in [1.54, 1.807) is 14.2 Å². The molecular weight excluding hydrogens is 409 g/mol. The van der Waals surface area contributed by atoms with E-state index in [0.29, 0.717) is 5.25 Å². The predicted octanol–water partition coefficient (Wildman–Crippen LogP) is 3.08. The number of nitrogens with one attached hydrogen (secondary N) is 2. The number of hydrogen-bond acceptors (Lipinski definition) is 3. The van der Waals surface area contributed by atoms with Gasteiger partial charge in [0, 0.05) is 25.4 Å². The summed E-state index contributed by atoms with van der Waals surface area (Å²) in [5, 5.41) is 7.25. The van der Waals surface area contributed by atoms with Gasteiger partial charge >= 0.3 is 0 Å². The summed E-state index contributed by atoms with van der Waals surface area (Å²) in [6.45, 7) is 6.03. The zero-order valence-corrected chi connectivity index (χ0v) is 17.2. The number of methoxy groups -OCH3 is 1. The molecule has 0 aliphatic heterocycles. The second kappa shape index (κ2) is 11.9. The van der Waals surface area contributed by atoms with E-state index >= 15 is 0 Å². The van der Waals surface area contributed by atoms with Gasteiger partial charge < -0.3 is 15.4 Å². The van der Waals surface area contributed by atoms with E-state index in [0.717, 1.165) is 31.2 Å². The zero-order valence-electron chi connectivity index (χ0n) is 14.1. The van der Waals surface area contributed by atoms with Crippen LogP contribution in [0.3, 0.4) is 0 Å². The highest BCUT2D eigenvalue weighted by molar-refractivity contribution is 14.0. The van der Waals surface area contributed by atoms with Crippen molar-refractivity contribution < 1.29 is 4.74 Å². The molecule has 0 spiro atoms. The smallest absolute Gasteiger partial charge is 0.191 e. The number of rotatable bonds is 7. The molecular formula is C16H28IN3OS. The quantitative estimate of drug-likeness (QED) is 0.391. The average molecular weight is 437 g/mol. The van der Waals surface area contributed by atoms with Crippen molar-refractivity contribution in [3.05, 3.63) is 29.3 Å². The summed E-state index contributed by atoms with van der Waals surface area (Å²) < 4.78 is 5.40. The summed E-state index contributed by atoms with van der Waals surface area (Å²) >= 11 is 1.84. The summed E-state index contributed by atoms with van der Waals surface area (Å²) in [5.74, 6) is 1.80. The molecule has 1 aromatic carbocycles. The van der Waals surface area contributed by atoms with Gasteiger partial charge in [-0.3, -0.25) is 4.99 Å². The van der Waals surface area contributed by atoms with Crippen LogP contribution in [0, 0.1) is 6.92 Å². The third kappa shape index (κ3) is 7.58. The lowest BCUT2D eigenvalue weighted by molar-refractivity contribution is 0.409. The zero-order chi connectivity index (χ0) is 15.7. The highest BCUT2D eigenvalue weighted by atomic mass is 127. The summed E-state index contributed by atoms with van der Waals surface area (Å²) in [5.41, 5.74) is 2.47. The molecule has 1 atom stereocenters. The van der Waals surface area contributed by atoms with Gasteiger partial charge in [-0.2, -0.15) is 11.8 Å². The first-order valence-corrected chi connectivity index (χ1v) is 8.50. The standard InChI is InChI=1S/C16H27N3OS.HI/c1-12-6-7-15(20-4)14(10-12)8-9-18-16(17-3)19-11-13(2)21-5;/h6-7,10,13H,8-9,11H2,1-5H3,(H2,17,18,19);1H. The lowest BCUT2D eigenvalue weighted by atomic mass is 10.1. The maximum Gasteiger partial charge on any atom is 0.191 e. The average Bonchev–Trinajstić information content (AvgIpc) is 2.50. The lowest BCUT2D eigenvalue weighted by Gasteiger charge is -2.15. The SMILES string of the molecule is CN=C(NCCc1cc(C)ccc1OC)NCC(C)SC.I. The normalized spacial score (nSPS) is 12.3. The van der Waals surface area contributed by atoms with Gasteiger partial charge in [-0.1, -0.05) is 24.6 Å². The highest BCUT2D eigenvalue weighted by Gasteiger charge is 2.05. The molecule has 0 aromatic heterocycles. The van der Waals surface area contributed by atoms with Gasteiger partial charge in [-0.05, 0) is 31.2 Å². The fourth-order valence-electron chi connectivity index (χ4n) is 1.96. The largest absolute Gasteiger partial charge is 0.496 e. The first kappa shape index (κ1) is 21.4. The first-order chi connectivity index (χ1) is 10.1. The van der Waals surface area contributed by atoms with E-state index in [1.807, 2.05) is 17.8 Å². The molecule has 6 heteroatoms. The summed E-state index contributed by atoms with van der Waals surface area (Å²) in [6, 6.07) is 6.27. The van der Waals surface area contributed by atoms with Gasteiger partial charge in [-0.15, -0.1) is 24.0 Å². The first-order valence-electron chi connectivity index (χ1n) is 7.21. The molecule has 1 unspecified atom stereocenters. The third-order valence-electron chi connectivity index (χ3n) is 3.31. The second-order valence-corrected chi connectivity index (χ2v) is 6.27. The Morgan fingerprint density at radius 2 is 2.09 bits per heavy atom. The van der Waals surface area contributed by atoms with Gasteiger partial charge in [0.2, 0.25) is 0 Å². The summed E-state index contributed by atoms with van der Waals surface area (Å²) in [6.07, 6.45) is 3.02. The van der Waals surface area contributed by atoms with E-state index < -0.39 is 0 Å². The van der Waals surface area contributed by atoms with Gasteiger partial charge in [0.25, 0.3) is 0 Å². The molecule has 1 aromatic rings. The molecule has 0 amide bonds. The molecule has 1 rings (SSSR count). The maximum atomic E-state index is 5.40. The maximum absolute atomic E-state index is 5.40. The number of aliphatic imine (C=N–C) groups is 1. The van der Waals surface area contributed by atoms with Gasteiger partial charge in [0.15, 0.2) is 5.96 Å². The van der Waals surface area contributed by atoms with Crippen molar-refractivity contribution >= 4 is 41.7 Å². The number of aryl methyl sites for hydroxylation is 1. The van der Waals surface area contributed by atoms with E-state index in [9.17, 15) is 0 Å². The van der Waals surface area contributed by atoms with Crippen molar-refractivity contribution in [3.8, 4) is 5.75 Å². The van der Waals surface area contributed by atoms with Crippen LogP contribution in [0.4, 0.5) is 0 Å².